The van der Waals surface area contributed by atoms with Gasteiger partial charge in [-0.3, -0.25) is 4.79 Å². The Morgan fingerprint density at radius 1 is 1.50 bits per heavy atom. The Morgan fingerprint density at radius 2 is 2.31 bits per heavy atom. The number of nitrogens with one attached hydrogen (secondary N) is 1. The van der Waals surface area contributed by atoms with E-state index in [0.717, 1.165) is 12.1 Å². The van der Waals surface area contributed by atoms with Gasteiger partial charge in [0.1, 0.15) is 5.82 Å². The maximum atomic E-state index is 12.9. The minimum atomic E-state index is -0.433. The Morgan fingerprint density at radius 3 is 3.00 bits per heavy atom. The van der Waals surface area contributed by atoms with E-state index >= 15 is 0 Å². The van der Waals surface area contributed by atoms with E-state index in [2.05, 4.69) is 5.32 Å². The number of halogens is 2. The van der Waals surface area contributed by atoms with Gasteiger partial charge in [0.25, 0.3) is 0 Å². The van der Waals surface area contributed by atoms with Gasteiger partial charge in [-0.25, -0.2) is 4.39 Å². The van der Waals surface area contributed by atoms with Crippen molar-refractivity contribution in [3.05, 3.63) is 34.6 Å². The number of nitrogens with zero attached hydrogens (tertiary/aromatic N) is 1. The van der Waals surface area contributed by atoms with E-state index in [9.17, 15) is 9.18 Å². The maximum Gasteiger partial charge on any atom is 0.236 e. The van der Waals surface area contributed by atoms with Gasteiger partial charge in [-0.1, -0.05) is 17.7 Å². The van der Waals surface area contributed by atoms with E-state index in [1.54, 1.807) is 17.0 Å². The standard InChI is InChI=1S/C11H12ClFN2O/c12-9-5-8(1-2-10(9)13)7-15-4-3-14-6-11(15)16/h1-2,5,14H,3-4,6-7H2. The van der Waals surface area contributed by atoms with Crippen LogP contribution in [-0.4, -0.2) is 30.4 Å². The number of benzene rings is 1. The number of piperazine rings is 1. The molecule has 0 saturated carbocycles. The van der Waals surface area contributed by atoms with Crippen molar-refractivity contribution in [3.63, 3.8) is 0 Å². The van der Waals surface area contributed by atoms with Crippen molar-refractivity contribution >= 4 is 17.5 Å². The monoisotopic (exact) mass is 242 g/mol. The van der Waals surface area contributed by atoms with Crippen molar-refractivity contribution in [1.82, 2.24) is 10.2 Å². The van der Waals surface area contributed by atoms with Crippen LogP contribution < -0.4 is 5.32 Å². The molecule has 0 bridgehead atoms. The van der Waals surface area contributed by atoms with Crippen LogP contribution in [0, 0.1) is 5.82 Å². The lowest BCUT2D eigenvalue weighted by atomic mass is 10.2. The molecule has 1 aliphatic heterocycles. The van der Waals surface area contributed by atoms with Gasteiger partial charge in [0.2, 0.25) is 5.91 Å². The Hall–Kier alpha value is -1.13. The molecule has 1 amide bonds. The van der Waals surface area contributed by atoms with Crippen LogP contribution in [0.25, 0.3) is 0 Å². The van der Waals surface area contributed by atoms with Gasteiger partial charge in [0.15, 0.2) is 0 Å². The van der Waals surface area contributed by atoms with Crippen LogP contribution >= 0.6 is 11.6 Å². The third-order valence-electron chi connectivity index (χ3n) is 2.54. The lowest BCUT2D eigenvalue weighted by Crippen LogP contribution is -2.47. The predicted octanol–water partition coefficient (Wildman–Crippen LogP) is 1.41. The summed E-state index contributed by atoms with van der Waals surface area (Å²) < 4.78 is 12.9. The molecule has 1 aromatic rings. The smallest absolute Gasteiger partial charge is 0.236 e. The Labute approximate surface area is 98.2 Å². The fourth-order valence-corrected chi connectivity index (χ4v) is 1.87. The molecule has 86 valence electrons. The first-order valence-corrected chi connectivity index (χ1v) is 5.47. The van der Waals surface area contributed by atoms with Gasteiger partial charge in [0.05, 0.1) is 11.6 Å². The zero-order valence-electron chi connectivity index (χ0n) is 8.67. The minimum Gasteiger partial charge on any atom is -0.336 e. The molecule has 0 radical (unpaired) electrons. The van der Waals surface area contributed by atoms with E-state index in [0.29, 0.717) is 19.6 Å². The van der Waals surface area contributed by atoms with Crippen molar-refractivity contribution in [2.24, 2.45) is 0 Å². The number of hydrogen-bond acceptors (Lipinski definition) is 2. The lowest BCUT2D eigenvalue weighted by Gasteiger charge is -2.27. The Bertz CT molecular complexity index is 411. The van der Waals surface area contributed by atoms with Gasteiger partial charge in [-0.2, -0.15) is 0 Å². The first-order valence-electron chi connectivity index (χ1n) is 5.09. The van der Waals surface area contributed by atoms with E-state index in [1.807, 2.05) is 0 Å². The number of carbonyl (C=O) groups is 1. The predicted molar refractivity (Wildman–Crippen MR) is 59.7 cm³/mol. The molecule has 0 spiro atoms. The summed E-state index contributed by atoms with van der Waals surface area (Å²) in [6.45, 7) is 2.32. The summed E-state index contributed by atoms with van der Waals surface area (Å²) in [4.78, 5) is 13.2. The molecule has 1 heterocycles. The number of hydrogen-bond donors (Lipinski definition) is 1. The highest BCUT2D eigenvalue weighted by Gasteiger charge is 2.17. The molecule has 1 N–H and O–H groups in total. The van der Waals surface area contributed by atoms with Crippen LogP contribution in [0.4, 0.5) is 4.39 Å². The molecule has 0 unspecified atom stereocenters. The van der Waals surface area contributed by atoms with Gasteiger partial charge in [-0.15, -0.1) is 0 Å². The molecule has 0 atom stereocenters. The topological polar surface area (TPSA) is 32.3 Å². The molecule has 1 saturated heterocycles. The quantitative estimate of drug-likeness (QED) is 0.851. The summed E-state index contributed by atoms with van der Waals surface area (Å²) in [5, 5.41) is 3.09. The van der Waals surface area contributed by atoms with Crippen molar-refractivity contribution in [3.8, 4) is 0 Å². The van der Waals surface area contributed by atoms with E-state index < -0.39 is 5.82 Å². The van der Waals surface area contributed by atoms with Crippen molar-refractivity contribution in [2.75, 3.05) is 19.6 Å². The largest absolute Gasteiger partial charge is 0.336 e. The second-order valence-electron chi connectivity index (χ2n) is 3.74. The second-order valence-corrected chi connectivity index (χ2v) is 4.15. The SMILES string of the molecule is O=C1CNCCN1Cc1ccc(F)c(Cl)c1. The molecule has 3 nitrogen and oxygen atoms in total. The number of amides is 1. The number of rotatable bonds is 2. The summed E-state index contributed by atoms with van der Waals surface area (Å²) in [7, 11) is 0. The van der Waals surface area contributed by atoms with Crippen LogP contribution in [0.1, 0.15) is 5.56 Å². The van der Waals surface area contributed by atoms with Crippen molar-refractivity contribution in [1.29, 1.82) is 0 Å². The first kappa shape index (κ1) is 11.4. The highest BCUT2D eigenvalue weighted by Crippen LogP contribution is 2.17. The Kier molecular flexibility index (Phi) is 3.41. The summed E-state index contributed by atoms with van der Waals surface area (Å²) in [6, 6.07) is 4.53. The average molecular weight is 243 g/mol. The van der Waals surface area contributed by atoms with Crippen LogP contribution in [-0.2, 0) is 11.3 Å². The van der Waals surface area contributed by atoms with Gasteiger partial charge < -0.3 is 10.2 Å². The van der Waals surface area contributed by atoms with Gasteiger partial charge >= 0.3 is 0 Å². The number of carbonyl (C=O) groups excluding carboxylic acids is 1. The molecule has 0 aliphatic carbocycles. The molecular weight excluding hydrogens is 231 g/mol. The third-order valence-corrected chi connectivity index (χ3v) is 2.83. The van der Waals surface area contributed by atoms with E-state index in [1.165, 1.54) is 6.07 Å². The van der Waals surface area contributed by atoms with Crippen LogP contribution in [0.15, 0.2) is 18.2 Å². The molecule has 0 aromatic heterocycles. The van der Waals surface area contributed by atoms with Crippen LogP contribution in [0.5, 0.6) is 0 Å². The van der Waals surface area contributed by atoms with Crippen molar-refractivity contribution < 1.29 is 9.18 Å². The summed E-state index contributed by atoms with van der Waals surface area (Å²) in [5.74, 6) is -0.372. The fourth-order valence-electron chi connectivity index (χ4n) is 1.67. The zero-order valence-corrected chi connectivity index (χ0v) is 9.43. The third kappa shape index (κ3) is 2.51. The highest BCUT2D eigenvalue weighted by atomic mass is 35.5. The van der Waals surface area contributed by atoms with E-state index in [4.69, 9.17) is 11.6 Å². The highest BCUT2D eigenvalue weighted by molar-refractivity contribution is 6.30. The normalized spacial score (nSPS) is 16.6. The summed E-state index contributed by atoms with van der Waals surface area (Å²) in [5.41, 5.74) is 0.849. The van der Waals surface area contributed by atoms with Crippen LogP contribution in [0.3, 0.4) is 0 Å². The fraction of sp³-hybridized carbons (Fsp3) is 0.364. The van der Waals surface area contributed by atoms with Crippen molar-refractivity contribution in [2.45, 2.75) is 6.54 Å². The molecule has 1 fully saturated rings. The molecule has 1 aliphatic rings. The molecular formula is C11H12ClFN2O. The molecule has 1 aromatic carbocycles. The minimum absolute atomic E-state index is 0.0618. The summed E-state index contributed by atoms with van der Waals surface area (Å²) in [6.07, 6.45) is 0. The second kappa shape index (κ2) is 4.80. The molecule has 5 heteroatoms. The first-order chi connectivity index (χ1) is 7.66. The lowest BCUT2D eigenvalue weighted by molar-refractivity contribution is -0.132. The zero-order chi connectivity index (χ0) is 11.5. The summed E-state index contributed by atoms with van der Waals surface area (Å²) >= 11 is 5.68. The Balaban J connectivity index is 2.08. The van der Waals surface area contributed by atoms with Gasteiger partial charge in [0, 0.05) is 19.6 Å². The molecule has 16 heavy (non-hydrogen) atoms. The molecule has 2 rings (SSSR count). The average Bonchev–Trinajstić information content (AvgIpc) is 2.27. The van der Waals surface area contributed by atoms with Gasteiger partial charge in [-0.05, 0) is 17.7 Å². The van der Waals surface area contributed by atoms with Crippen LogP contribution in [0.2, 0.25) is 5.02 Å². The van der Waals surface area contributed by atoms with E-state index in [-0.39, 0.29) is 10.9 Å². The maximum absolute atomic E-state index is 12.9.